The van der Waals surface area contributed by atoms with Crippen molar-refractivity contribution in [2.75, 3.05) is 19.7 Å². The van der Waals surface area contributed by atoms with E-state index in [2.05, 4.69) is 14.5 Å². The zero-order valence-corrected chi connectivity index (χ0v) is 22.9. The van der Waals surface area contributed by atoms with E-state index >= 15 is 0 Å². The first kappa shape index (κ1) is 27.6. The number of nitrogens with zero attached hydrogens (tertiary/aromatic N) is 5. The summed E-state index contributed by atoms with van der Waals surface area (Å²) in [5.41, 5.74) is 2.82. The molecule has 11 heteroatoms. The third kappa shape index (κ3) is 6.20. The fourth-order valence-corrected chi connectivity index (χ4v) is 5.30. The Balaban J connectivity index is 1.06. The zero-order chi connectivity index (χ0) is 29.1. The molecule has 4 aromatic rings. The number of imidazole rings is 1. The van der Waals surface area contributed by atoms with E-state index in [0.29, 0.717) is 18.8 Å². The maximum absolute atomic E-state index is 14.1. The van der Waals surface area contributed by atoms with Crippen LogP contribution in [0, 0.1) is 17.1 Å². The summed E-state index contributed by atoms with van der Waals surface area (Å²) < 4.78 is 33.7. The van der Waals surface area contributed by atoms with E-state index in [0.717, 1.165) is 67.4 Å². The van der Waals surface area contributed by atoms with Gasteiger partial charge in [0.05, 0.1) is 53.6 Å². The molecule has 0 saturated carbocycles. The fraction of sp³-hybridized carbons (Fsp3) is 0.355. The van der Waals surface area contributed by atoms with Crippen molar-refractivity contribution in [3.05, 3.63) is 83.2 Å². The highest BCUT2D eigenvalue weighted by molar-refractivity contribution is 5.92. The van der Waals surface area contributed by atoms with Gasteiger partial charge in [0, 0.05) is 31.5 Å². The normalized spacial score (nSPS) is 17.5. The first-order chi connectivity index (χ1) is 20.4. The second-order valence-electron chi connectivity index (χ2n) is 10.6. The summed E-state index contributed by atoms with van der Waals surface area (Å²) in [5.74, 6) is 0.0629. The molecule has 2 aliphatic heterocycles. The predicted molar refractivity (Wildman–Crippen MR) is 150 cm³/mol. The highest BCUT2D eigenvalue weighted by atomic mass is 19.1. The smallest absolute Gasteiger partial charge is 0.335 e. The number of aromatic nitrogens is 3. The minimum Gasteiger partial charge on any atom is -0.489 e. The number of carbonyl (C=O) groups is 1. The first-order valence-electron chi connectivity index (χ1n) is 13.9. The van der Waals surface area contributed by atoms with Crippen molar-refractivity contribution >= 4 is 17.0 Å². The lowest BCUT2D eigenvalue weighted by Gasteiger charge is -2.32. The minimum absolute atomic E-state index is 0.0236. The maximum Gasteiger partial charge on any atom is 0.335 e. The summed E-state index contributed by atoms with van der Waals surface area (Å²) >= 11 is 0. The molecule has 0 spiro atoms. The van der Waals surface area contributed by atoms with E-state index in [1.165, 1.54) is 12.1 Å². The van der Waals surface area contributed by atoms with E-state index in [-0.39, 0.29) is 35.7 Å². The molecule has 0 bridgehead atoms. The Hall–Kier alpha value is -4.53. The summed E-state index contributed by atoms with van der Waals surface area (Å²) in [7, 11) is 0. The molecule has 4 heterocycles. The van der Waals surface area contributed by atoms with Crippen molar-refractivity contribution in [3.63, 3.8) is 0 Å². The van der Waals surface area contributed by atoms with Gasteiger partial charge in [0.2, 0.25) is 0 Å². The highest BCUT2D eigenvalue weighted by Gasteiger charge is 2.26. The SMILES string of the molecule is N#Cc1ccc(OCc2cncc(OC3CCN(Cc4nc5ccc(C(=O)O)cc5n4C[C@@H]4CCO4)CC3)c2)c(F)c1. The van der Waals surface area contributed by atoms with Crippen molar-refractivity contribution in [1.82, 2.24) is 19.4 Å². The van der Waals surface area contributed by atoms with Gasteiger partial charge >= 0.3 is 5.97 Å². The van der Waals surface area contributed by atoms with Crippen LogP contribution in [0.3, 0.4) is 0 Å². The fourth-order valence-electron chi connectivity index (χ4n) is 5.30. The minimum atomic E-state index is -0.957. The van der Waals surface area contributed by atoms with Gasteiger partial charge in [-0.25, -0.2) is 14.2 Å². The van der Waals surface area contributed by atoms with Gasteiger partial charge in [0.1, 0.15) is 24.3 Å². The lowest BCUT2D eigenvalue weighted by Crippen LogP contribution is -2.39. The molecule has 0 unspecified atom stereocenters. The van der Waals surface area contributed by atoms with Gasteiger partial charge in [0.15, 0.2) is 11.6 Å². The molecule has 2 saturated heterocycles. The van der Waals surface area contributed by atoms with Crippen molar-refractivity contribution in [2.45, 2.75) is 51.2 Å². The second-order valence-corrected chi connectivity index (χ2v) is 10.6. The summed E-state index contributed by atoms with van der Waals surface area (Å²) in [6, 6.07) is 12.9. The van der Waals surface area contributed by atoms with Crippen LogP contribution in [-0.2, 0) is 24.4 Å². The number of ether oxygens (including phenoxy) is 3. The molecule has 0 radical (unpaired) electrons. The highest BCUT2D eigenvalue weighted by Crippen LogP contribution is 2.26. The number of likely N-dealkylation sites (tertiary alicyclic amines) is 1. The molecular weight excluding hydrogens is 541 g/mol. The molecule has 1 N–H and O–H groups in total. The largest absolute Gasteiger partial charge is 0.489 e. The molecule has 0 amide bonds. The number of halogens is 1. The van der Waals surface area contributed by atoms with Crippen LogP contribution in [0.2, 0.25) is 0 Å². The Bertz CT molecular complexity index is 1640. The van der Waals surface area contributed by atoms with Crippen LogP contribution in [0.25, 0.3) is 11.0 Å². The topological polar surface area (TPSA) is 123 Å². The van der Waals surface area contributed by atoms with Gasteiger partial charge in [-0.15, -0.1) is 0 Å². The van der Waals surface area contributed by atoms with Gasteiger partial charge in [-0.05, 0) is 61.7 Å². The number of rotatable bonds is 10. The van der Waals surface area contributed by atoms with Crippen LogP contribution >= 0.6 is 0 Å². The monoisotopic (exact) mass is 571 g/mol. The lowest BCUT2D eigenvalue weighted by atomic mass is 10.1. The van der Waals surface area contributed by atoms with Gasteiger partial charge in [-0.3, -0.25) is 9.88 Å². The molecule has 10 nitrogen and oxygen atoms in total. The Labute approximate surface area is 241 Å². The van der Waals surface area contributed by atoms with E-state index in [1.54, 1.807) is 30.6 Å². The van der Waals surface area contributed by atoms with Crippen molar-refractivity contribution in [3.8, 4) is 17.6 Å². The molecule has 2 aromatic carbocycles. The quantitative estimate of drug-likeness (QED) is 0.292. The van der Waals surface area contributed by atoms with Crippen LogP contribution in [0.5, 0.6) is 11.5 Å². The summed E-state index contributed by atoms with van der Waals surface area (Å²) in [5, 5.41) is 18.4. The zero-order valence-electron chi connectivity index (χ0n) is 22.9. The first-order valence-corrected chi connectivity index (χ1v) is 13.9. The summed E-state index contributed by atoms with van der Waals surface area (Å²) in [4.78, 5) is 23.0. The number of hydrogen-bond acceptors (Lipinski definition) is 8. The second kappa shape index (κ2) is 12.1. The van der Waals surface area contributed by atoms with Crippen molar-refractivity contribution < 1.29 is 28.5 Å². The van der Waals surface area contributed by atoms with E-state index < -0.39 is 11.8 Å². The number of pyridine rings is 1. The Morgan fingerprint density at radius 2 is 1.98 bits per heavy atom. The van der Waals surface area contributed by atoms with Crippen molar-refractivity contribution in [2.24, 2.45) is 0 Å². The number of carboxylic acids is 1. The summed E-state index contributed by atoms with van der Waals surface area (Å²) in [6.07, 6.45) is 6.08. The number of carboxylic acid groups (broad SMARTS) is 1. The molecule has 6 rings (SSSR count). The third-order valence-electron chi connectivity index (χ3n) is 7.68. The van der Waals surface area contributed by atoms with Crippen LogP contribution in [-0.4, -0.2) is 62.4 Å². The molecule has 2 fully saturated rings. The molecule has 216 valence electrons. The number of piperidine rings is 1. The molecule has 2 aliphatic rings. The Morgan fingerprint density at radius 3 is 2.69 bits per heavy atom. The average molecular weight is 572 g/mol. The van der Waals surface area contributed by atoms with Gasteiger partial charge in [-0.1, -0.05) is 0 Å². The number of aromatic carboxylic acids is 1. The number of hydrogen-bond donors (Lipinski definition) is 1. The third-order valence-corrected chi connectivity index (χ3v) is 7.68. The van der Waals surface area contributed by atoms with Gasteiger partial charge in [0.25, 0.3) is 0 Å². The van der Waals surface area contributed by atoms with Gasteiger partial charge < -0.3 is 23.9 Å². The Morgan fingerprint density at radius 1 is 1.14 bits per heavy atom. The molecule has 0 aliphatic carbocycles. The Kier molecular flexibility index (Phi) is 7.99. The number of nitriles is 1. The molecule has 2 aromatic heterocycles. The van der Waals surface area contributed by atoms with Crippen molar-refractivity contribution in [1.29, 1.82) is 5.26 Å². The van der Waals surface area contributed by atoms with E-state index in [1.807, 2.05) is 12.1 Å². The lowest BCUT2D eigenvalue weighted by molar-refractivity contribution is -0.0592. The molecular formula is C31H30FN5O5. The van der Waals surface area contributed by atoms with Crippen LogP contribution < -0.4 is 9.47 Å². The standard InChI is InChI=1S/C31H30FN5O5/c32-26-12-20(14-33)1-4-29(26)41-19-21-11-25(16-34-15-21)42-23-5-8-36(9-6-23)18-30-35-27-3-2-22(31(38)39)13-28(27)37(30)17-24-7-10-40-24/h1-4,11-13,15-16,23-24H,5-10,17-19H2,(H,38,39)/t24-/m0/s1. The van der Waals surface area contributed by atoms with Crippen LogP contribution in [0.4, 0.5) is 4.39 Å². The van der Waals surface area contributed by atoms with E-state index in [9.17, 15) is 14.3 Å². The molecule has 1 atom stereocenters. The number of fused-ring (bicyclic) bond motifs is 1. The van der Waals surface area contributed by atoms with Crippen LogP contribution in [0.1, 0.15) is 46.6 Å². The number of benzene rings is 2. The van der Waals surface area contributed by atoms with E-state index in [4.69, 9.17) is 24.5 Å². The summed E-state index contributed by atoms with van der Waals surface area (Å²) in [6.45, 7) is 3.81. The average Bonchev–Trinajstić information content (AvgIpc) is 3.31. The predicted octanol–water partition coefficient (Wildman–Crippen LogP) is 4.55. The maximum atomic E-state index is 14.1. The van der Waals surface area contributed by atoms with Gasteiger partial charge in [-0.2, -0.15) is 5.26 Å². The van der Waals surface area contributed by atoms with Crippen LogP contribution in [0.15, 0.2) is 54.9 Å². The molecule has 42 heavy (non-hydrogen) atoms.